The molecule has 0 saturated carbocycles. The van der Waals surface area contributed by atoms with Crippen LogP contribution in [0.2, 0.25) is 5.02 Å². The largest absolute Gasteiger partial charge is 0.383 e. The number of halogens is 1. The van der Waals surface area contributed by atoms with E-state index in [1.165, 1.54) is 0 Å². The number of hydrogen-bond donors (Lipinski definition) is 3. The number of benzene rings is 1. The van der Waals surface area contributed by atoms with E-state index in [0.29, 0.717) is 19.0 Å². The molecule has 0 fully saturated rings. The van der Waals surface area contributed by atoms with Gasteiger partial charge >= 0.3 is 0 Å². The molecule has 0 aliphatic carbocycles. The summed E-state index contributed by atoms with van der Waals surface area (Å²) >= 11 is 7.43. The van der Waals surface area contributed by atoms with Crippen LogP contribution in [0.3, 0.4) is 0 Å². The van der Waals surface area contributed by atoms with Gasteiger partial charge in [0, 0.05) is 16.4 Å². The molecule has 0 saturated heterocycles. The van der Waals surface area contributed by atoms with Crippen molar-refractivity contribution in [3.63, 3.8) is 0 Å². The van der Waals surface area contributed by atoms with Crippen LogP contribution in [0.4, 0.5) is 0 Å². The number of hydrogen-bond acceptors (Lipinski definition) is 3. The molecule has 1 heterocycles. The van der Waals surface area contributed by atoms with Gasteiger partial charge < -0.3 is 15.7 Å². The second kappa shape index (κ2) is 8.34. The van der Waals surface area contributed by atoms with Crippen molar-refractivity contribution in [3.05, 3.63) is 57.2 Å². The Balaban J connectivity index is 1.97. The Hall–Kier alpha value is -1.56. The third-order valence-electron chi connectivity index (χ3n) is 3.33. The van der Waals surface area contributed by atoms with Crippen LogP contribution in [0.5, 0.6) is 0 Å². The molecule has 0 radical (unpaired) electrons. The molecule has 0 aliphatic heterocycles. The molecule has 0 spiro atoms. The maximum absolute atomic E-state index is 10.6. The van der Waals surface area contributed by atoms with Crippen LogP contribution in [0.25, 0.3) is 0 Å². The van der Waals surface area contributed by atoms with Gasteiger partial charge in [-0.25, -0.2) is 4.99 Å². The van der Waals surface area contributed by atoms with Crippen molar-refractivity contribution in [1.82, 2.24) is 10.6 Å². The predicted molar refractivity (Wildman–Crippen MR) is 98.2 cm³/mol. The van der Waals surface area contributed by atoms with E-state index < -0.39 is 5.60 Å². The number of nitrogens with one attached hydrogen (secondary N) is 2. The third-order valence-corrected chi connectivity index (χ3v) is 4.70. The van der Waals surface area contributed by atoms with Crippen LogP contribution in [0.1, 0.15) is 24.3 Å². The van der Waals surface area contributed by atoms with E-state index in [1.807, 2.05) is 48.7 Å². The highest BCUT2D eigenvalue weighted by Crippen LogP contribution is 2.24. The molecule has 4 nitrogen and oxygen atoms in total. The summed E-state index contributed by atoms with van der Waals surface area (Å²) in [5.74, 6) is 0.680. The second-order valence-electron chi connectivity index (χ2n) is 5.43. The molecular weight excluding hydrogens is 330 g/mol. The molecule has 0 amide bonds. The fourth-order valence-electron chi connectivity index (χ4n) is 2.03. The normalized spacial score (nSPS) is 14.3. The van der Waals surface area contributed by atoms with Crippen LogP contribution in [-0.4, -0.2) is 24.2 Å². The van der Waals surface area contributed by atoms with Gasteiger partial charge in [-0.3, -0.25) is 0 Å². The van der Waals surface area contributed by atoms with Gasteiger partial charge in [0.2, 0.25) is 0 Å². The van der Waals surface area contributed by atoms with E-state index >= 15 is 0 Å². The minimum atomic E-state index is -0.926. The minimum absolute atomic E-state index is 0.389. The number of aliphatic hydroxyl groups is 1. The summed E-state index contributed by atoms with van der Waals surface area (Å²) in [7, 11) is 0. The smallest absolute Gasteiger partial charge is 0.191 e. The highest BCUT2D eigenvalue weighted by Gasteiger charge is 2.24. The fraction of sp³-hybridized carbons (Fsp3) is 0.353. The molecule has 0 bridgehead atoms. The van der Waals surface area contributed by atoms with Gasteiger partial charge in [0.25, 0.3) is 0 Å². The maximum atomic E-state index is 10.6. The Morgan fingerprint density at radius 1 is 1.26 bits per heavy atom. The SMILES string of the molecule is CCNC(=NCc1ccc(Cl)cc1)NCC(C)(O)c1cccs1. The molecule has 2 rings (SSSR count). The van der Waals surface area contributed by atoms with Crippen molar-refractivity contribution in [1.29, 1.82) is 0 Å². The summed E-state index contributed by atoms with van der Waals surface area (Å²) in [4.78, 5) is 5.47. The van der Waals surface area contributed by atoms with E-state index in [1.54, 1.807) is 18.3 Å². The average molecular weight is 352 g/mol. The quantitative estimate of drug-likeness (QED) is 0.552. The van der Waals surface area contributed by atoms with Crippen molar-refractivity contribution in [2.45, 2.75) is 26.0 Å². The summed E-state index contributed by atoms with van der Waals surface area (Å²) in [6.07, 6.45) is 0. The first-order valence-corrected chi connectivity index (χ1v) is 8.80. The predicted octanol–water partition coefficient (Wildman–Crippen LogP) is 3.36. The zero-order valence-electron chi connectivity index (χ0n) is 13.3. The molecule has 1 aromatic carbocycles. The number of guanidine groups is 1. The van der Waals surface area contributed by atoms with Crippen LogP contribution >= 0.6 is 22.9 Å². The zero-order valence-corrected chi connectivity index (χ0v) is 14.9. The molecule has 6 heteroatoms. The summed E-state index contributed by atoms with van der Waals surface area (Å²) in [6, 6.07) is 11.5. The van der Waals surface area contributed by atoms with Gasteiger partial charge in [0.1, 0.15) is 5.60 Å². The van der Waals surface area contributed by atoms with E-state index in [2.05, 4.69) is 15.6 Å². The first-order valence-electron chi connectivity index (χ1n) is 7.54. The maximum Gasteiger partial charge on any atom is 0.191 e. The summed E-state index contributed by atoms with van der Waals surface area (Å²) < 4.78 is 0. The Kier molecular flexibility index (Phi) is 6.45. The van der Waals surface area contributed by atoms with E-state index in [4.69, 9.17) is 11.6 Å². The topological polar surface area (TPSA) is 56.7 Å². The van der Waals surface area contributed by atoms with Crippen LogP contribution in [0.15, 0.2) is 46.8 Å². The van der Waals surface area contributed by atoms with Crippen molar-refractivity contribution < 1.29 is 5.11 Å². The van der Waals surface area contributed by atoms with Gasteiger partial charge in [-0.15, -0.1) is 11.3 Å². The molecule has 23 heavy (non-hydrogen) atoms. The number of nitrogens with zero attached hydrogens (tertiary/aromatic N) is 1. The number of rotatable bonds is 6. The Bertz CT molecular complexity index is 624. The molecular formula is C17H22ClN3OS. The van der Waals surface area contributed by atoms with Crippen LogP contribution in [-0.2, 0) is 12.1 Å². The van der Waals surface area contributed by atoms with E-state index in [-0.39, 0.29) is 0 Å². The highest BCUT2D eigenvalue weighted by molar-refractivity contribution is 7.10. The Morgan fingerprint density at radius 3 is 2.61 bits per heavy atom. The molecule has 3 N–H and O–H groups in total. The summed E-state index contributed by atoms with van der Waals surface area (Å²) in [6.45, 7) is 5.51. The van der Waals surface area contributed by atoms with E-state index in [0.717, 1.165) is 22.0 Å². The lowest BCUT2D eigenvalue weighted by Crippen LogP contribution is -2.44. The van der Waals surface area contributed by atoms with Crippen molar-refractivity contribution >= 4 is 28.9 Å². The monoisotopic (exact) mass is 351 g/mol. The summed E-state index contributed by atoms with van der Waals surface area (Å²) in [5.41, 5.74) is 0.154. The molecule has 1 atom stereocenters. The third kappa shape index (κ3) is 5.53. The van der Waals surface area contributed by atoms with Crippen molar-refractivity contribution in [2.75, 3.05) is 13.1 Å². The Labute approximate surface area is 146 Å². The van der Waals surface area contributed by atoms with Crippen molar-refractivity contribution in [2.24, 2.45) is 4.99 Å². The van der Waals surface area contributed by atoms with Crippen LogP contribution < -0.4 is 10.6 Å². The minimum Gasteiger partial charge on any atom is -0.383 e. The lowest BCUT2D eigenvalue weighted by Gasteiger charge is -2.23. The second-order valence-corrected chi connectivity index (χ2v) is 6.81. The Morgan fingerprint density at radius 2 is 2.00 bits per heavy atom. The van der Waals surface area contributed by atoms with Gasteiger partial charge in [-0.05, 0) is 43.0 Å². The van der Waals surface area contributed by atoms with Crippen LogP contribution in [0, 0.1) is 0 Å². The molecule has 2 aromatic rings. The van der Waals surface area contributed by atoms with E-state index in [9.17, 15) is 5.11 Å². The zero-order chi connectivity index (χ0) is 16.7. The highest BCUT2D eigenvalue weighted by atomic mass is 35.5. The van der Waals surface area contributed by atoms with Gasteiger partial charge in [0.15, 0.2) is 5.96 Å². The first kappa shape index (κ1) is 17.8. The van der Waals surface area contributed by atoms with Gasteiger partial charge in [-0.2, -0.15) is 0 Å². The molecule has 1 aromatic heterocycles. The first-order chi connectivity index (χ1) is 11.0. The number of aliphatic imine (C=N–C) groups is 1. The van der Waals surface area contributed by atoms with Gasteiger partial charge in [-0.1, -0.05) is 29.8 Å². The molecule has 0 aliphatic rings. The average Bonchev–Trinajstić information content (AvgIpc) is 3.07. The summed E-state index contributed by atoms with van der Waals surface area (Å²) in [5, 5.41) is 19.6. The fourth-order valence-corrected chi connectivity index (χ4v) is 2.94. The van der Waals surface area contributed by atoms with Crippen molar-refractivity contribution in [3.8, 4) is 0 Å². The lowest BCUT2D eigenvalue weighted by molar-refractivity contribution is 0.0655. The molecule has 1 unspecified atom stereocenters. The number of thiophene rings is 1. The lowest BCUT2D eigenvalue weighted by atomic mass is 10.1. The van der Waals surface area contributed by atoms with Gasteiger partial charge in [0.05, 0.1) is 13.1 Å². The standard InChI is InChI=1S/C17H22ClN3OS/c1-3-19-16(20-11-13-6-8-14(18)9-7-13)21-12-17(2,22)15-5-4-10-23-15/h4-10,22H,3,11-12H2,1-2H3,(H2,19,20,21). The molecule has 124 valence electrons.